The zero-order valence-corrected chi connectivity index (χ0v) is 32.9. The molecule has 1 aliphatic heterocycles. The average Bonchev–Trinajstić information content (AvgIpc) is 3.13. The smallest absolute Gasteiger partial charge is 0.220 e. The fourth-order valence-corrected chi connectivity index (χ4v) is 6.86. The number of allylic oxidation sites excluding steroid dienone is 1. The first-order valence-corrected chi connectivity index (χ1v) is 21.4. The minimum atomic E-state index is -1.56. The second-order valence-electron chi connectivity index (χ2n) is 15.1. The van der Waals surface area contributed by atoms with Crippen molar-refractivity contribution in [2.24, 2.45) is 0 Å². The van der Waals surface area contributed by atoms with Crippen LogP contribution in [0.2, 0.25) is 0 Å². The van der Waals surface area contributed by atoms with E-state index in [9.17, 15) is 30.3 Å². The Morgan fingerprint density at radius 3 is 1.53 bits per heavy atom. The lowest BCUT2D eigenvalue weighted by atomic mass is 9.99. The van der Waals surface area contributed by atoms with Gasteiger partial charge in [-0.05, 0) is 19.3 Å². The molecular formula is C42H81NO8. The Morgan fingerprint density at radius 1 is 0.647 bits per heavy atom. The van der Waals surface area contributed by atoms with Gasteiger partial charge < -0.3 is 40.3 Å². The third-order valence-electron chi connectivity index (χ3n) is 10.4. The molecule has 7 atom stereocenters. The van der Waals surface area contributed by atoms with Crippen molar-refractivity contribution >= 4 is 5.91 Å². The van der Waals surface area contributed by atoms with E-state index in [-0.39, 0.29) is 12.5 Å². The highest BCUT2D eigenvalue weighted by Crippen LogP contribution is 2.22. The second kappa shape index (κ2) is 33.5. The molecule has 0 spiro atoms. The highest BCUT2D eigenvalue weighted by atomic mass is 16.7. The van der Waals surface area contributed by atoms with Gasteiger partial charge in [-0.2, -0.15) is 0 Å². The summed E-state index contributed by atoms with van der Waals surface area (Å²) in [5, 5.41) is 53.9. The van der Waals surface area contributed by atoms with E-state index in [1.165, 1.54) is 135 Å². The maximum atomic E-state index is 12.8. The average molecular weight is 728 g/mol. The second-order valence-corrected chi connectivity index (χ2v) is 15.1. The fraction of sp³-hybridized carbons (Fsp3) is 0.929. The monoisotopic (exact) mass is 728 g/mol. The number of aliphatic hydroxyl groups is 5. The van der Waals surface area contributed by atoms with Crippen LogP contribution >= 0.6 is 0 Å². The maximum absolute atomic E-state index is 12.8. The number of hydrogen-bond donors (Lipinski definition) is 6. The summed E-state index contributed by atoms with van der Waals surface area (Å²) in [5.74, 6) is -0.183. The van der Waals surface area contributed by atoms with Crippen molar-refractivity contribution in [2.45, 2.75) is 236 Å². The van der Waals surface area contributed by atoms with Gasteiger partial charge in [-0.3, -0.25) is 4.79 Å². The fourth-order valence-electron chi connectivity index (χ4n) is 6.86. The van der Waals surface area contributed by atoms with Crippen molar-refractivity contribution < 1.29 is 39.8 Å². The Labute approximate surface area is 312 Å². The highest BCUT2D eigenvalue weighted by molar-refractivity contribution is 5.76. The van der Waals surface area contributed by atoms with Crippen LogP contribution in [0.1, 0.15) is 194 Å². The zero-order valence-electron chi connectivity index (χ0n) is 32.9. The molecule has 1 heterocycles. The molecule has 0 aromatic heterocycles. The van der Waals surface area contributed by atoms with Crippen molar-refractivity contribution in [1.29, 1.82) is 0 Å². The lowest BCUT2D eigenvalue weighted by Crippen LogP contribution is -2.60. The van der Waals surface area contributed by atoms with Crippen molar-refractivity contribution in [3.63, 3.8) is 0 Å². The van der Waals surface area contributed by atoms with Gasteiger partial charge >= 0.3 is 0 Å². The summed E-state index contributed by atoms with van der Waals surface area (Å²) in [7, 11) is 0. The van der Waals surface area contributed by atoms with E-state index in [0.717, 1.165) is 38.5 Å². The molecule has 1 rings (SSSR count). The number of ether oxygens (including phenoxy) is 2. The first kappa shape index (κ1) is 48.0. The number of nitrogens with one attached hydrogen (secondary N) is 1. The summed E-state index contributed by atoms with van der Waals surface area (Å²) in [6.07, 6.45) is 30.0. The molecule has 1 amide bonds. The number of aliphatic hydroxyl groups excluding tert-OH is 5. The molecule has 7 unspecified atom stereocenters. The largest absolute Gasteiger partial charge is 0.394 e. The summed E-state index contributed by atoms with van der Waals surface area (Å²) in [4.78, 5) is 12.8. The lowest BCUT2D eigenvalue weighted by molar-refractivity contribution is -0.302. The van der Waals surface area contributed by atoms with Crippen LogP contribution in [0, 0.1) is 0 Å². The Kier molecular flexibility index (Phi) is 31.5. The van der Waals surface area contributed by atoms with Gasteiger partial charge in [0.05, 0.1) is 25.4 Å². The van der Waals surface area contributed by atoms with Gasteiger partial charge in [0.1, 0.15) is 24.4 Å². The van der Waals surface area contributed by atoms with Gasteiger partial charge in [-0.25, -0.2) is 0 Å². The molecule has 0 radical (unpaired) electrons. The molecule has 51 heavy (non-hydrogen) atoms. The number of amides is 1. The van der Waals surface area contributed by atoms with E-state index in [1.54, 1.807) is 6.08 Å². The van der Waals surface area contributed by atoms with Gasteiger partial charge in [0, 0.05) is 6.42 Å². The Balaban J connectivity index is 2.29. The molecule has 0 aliphatic carbocycles. The van der Waals surface area contributed by atoms with Crippen LogP contribution in [0.4, 0.5) is 0 Å². The van der Waals surface area contributed by atoms with Gasteiger partial charge in [0.25, 0.3) is 0 Å². The van der Waals surface area contributed by atoms with Crippen LogP contribution in [-0.2, 0) is 14.3 Å². The molecule has 0 bridgehead atoms. The molecule has 1 aliphatic rings. The van der Waals surface area contributed by atoms with E-state index in [1.807, 2.05) is 6.08 Å². The number of carbonyl (C=O) groups is 1. The van der Waals surface area contributed by atoms with Crippen LogP contribution < -0.4 is 5.32 Å². The van der Waals surface area contributed by atoms with Crippen molar-refractivity contribution in [3.8, 4) is 0 Å². The molecule has 1 fully saturated rings. The van der Waals surface area contributed by atoms with E-state index >= 15 is 0 Å². The van der Waals surface area contributed by atoms with Gasteiger partial charge in [-0.15, -0.1) is 0 Å². The zero-order chi connectivity index (χ0) is 37.4. The lowest BCUT2D eigenvalue weighted by Gasteiger charge is -2.40. The molecule has 302 valence electrons. The maximum Gasteiger partial charge on any atom is 0.220 e. The van der Waals surface area contributed by atoms with Crippen molar-refractivity contribution in [2.75, 3.05) is 13.2 Å². The number of hydrogen-bond acceptors (Lipinski definition) is 8. The van der Waals surface area contributed by atoms with Crippen LogP contribution in [0.15, 0.2) is 12.2 Å². The normalized spacial score (nSPS) is 22.1. The standard InChI is InChI=1S/C42H81NO8/c1-3-5-7-9-11-12-13-14-15-16-17-18-19-20-21-22-23-24-26-27-29-31-36(45)35(43-38(46)32-30-28-25-10-8-6-4-2)34-50-42-41(49)40(48)39(47)37(33-44)51-42/h29,31,35-37,39-42,44-45,47-49H,3-28,30,32-34H2,1-2H3,(H,43,46)/b31-29+. The van der Waals surface area contributed by atoms with Crippen LogP contribution in [0.25, 0.3) is 0 Å². The number of rotatable bonds is 35. The summed E-state index contributed by atoms with van der Waals surface area (Å²) in [6.45, 7) is 3.72. The van der Waals surface area contributed by atoms with E-state index in [4.69, 9.17) is 9.47 Å². The summed E-state index contributed by atoms with van der Waals surface area (Å²) in [6, 6.07) is -0.796. The van der Waals surface area contributed by atoms with E-state index in [2.05, 4.69) is 19.2 Å². The summed E-state index contributed by atoms with van der Waals surface area (Å²) < 4.78 is 11.1. The first-order valence-electron chi connectivity index (χ1n) is 21.4. The molecule has 1 saturated heterocycles. The minimum absolute atomic E-state index is 0.183. The Morgan fingerprint density at radius 2 is 1.08 bits per heavy atom. The molecule has 9 heteroatoms. The van der Waals surface area contributed by atoms with Crippen molar-refractivity contribution in [3.05, 3.63) is 12.2 Å². The van der Waals surface area contributed by atoms with Crippen LogP contribution in [0.5, 0.6) is 0 Å². The third kappa shape index (κ3) is 24.8. The molecule has 0 saturated carbocycles. The van der Waals surface area contributed by atoms with Gasteiger partial charge in [-0.1, -0.05) is 180 Å². The van der Waals surface area contributed by atoms with Crippen LogP contribution in [0.3, 0.4) is 0 Å². The molecular weight excluding hydrogens is 646 g/mol. The Hall–Kier alpha value is -1.07. The molecule has 0 aromatic rings. The van der Waals surface area contributed by atoms with Gasteiger partial charge in [0.15, 0.2) is 6.29 Å². The summed E-state index contributed by atoms with van der Waals surface area (Å²) >= 11 is 0. The van der Waals surface area contributed by atoms with E-state index in [0.29, 0.717) is 6.42 Å². The molecule has 6 N–H and O–H groups in total. The molecule has 9 nitrogen and oxygen atoms in total. The first-order chi connectivity index (χ1) is 24.8. The predicted molar refractivity (Wildman–Crippen MR) is 207 cm³/mol. The topological polar surface area (TPSA) is 149 Å². The van der Waals surface area contributed by atoms with E-state index < -0.39 is 49.5 Å². The van der Waals surface area contributed by atoms with Gasteiger partial charge in [0.2, 0.25) is 5.91 Å². The number of carbonyl (C=O) groups excluding carboxylic acids is 1. The predicted octanol–water partition coefficient (Wildman–Crippen LogP) is 8.17. The Bertz CT molecular complexity index is 812. The quantitative estimate of drug-likeness (QED) is 0.0283. The SMILES string of the molecule is CCCCCCCCCCCCCCCCCCCCC/C=C/C(O)C(COC1OC(CO)C(O)C(O)C1O)NC(=O)CCCCCCCCC. The minimum Gasteiger partial charge on any atom is -0.394 e. The highest BCUT2D eigenvalue weighted by Gasteiger charge is 2.44. The van der Waals surface area contributed by atoms with Crippen molar-refractivity contribution in [1.82, 2.24) is 5.32 Å². The van der Waals surface area contributed by atoms with Crippen LogP contribution in [-0.4, -0.2) is 87.5 Å². The third-order valence-corrected chi connectivity index (χ3v) is 10.4. The summed E-state index contributed by atoms with van der Waals surface area (Å²) in [5.41, 5.74) is 0. The molecule has 0 aromatic carbocycles. The number of unbranched alkanes of at least 4 members (excludes halogenated alkanes) is 25.